The van der Waals surface area contributed by atoms with Crippen molar-refractivity contribution in [2.24, 2.45) is 0 Å². The minimum Gasteiger partial charge on any atom is -0.348 e. The minimum atomic E-state index is -3.66. The molecule has 0 saturated heterocycles. The molecule has 2 aromatic carbocycles. The van der Waals surface area contributed by atoms with Crippen molar-refractivity contribution in [1.29, 1.82) is 0 Å². The van der Waals surface area contributed by atoms with Gasteiger partial charge in [-0.05, 0) is 58.0 Å². The molecule has 3 aromatic rings. The van der Waals surface area contributed by atoms with Crippen LogP contribution < -0.4 is 5.32 Å². The molecule has 1 amide bonds. The van der Waals surface area contributed by atoms with Gasteiger partial charge in [-0.2, -0.15) is 9.40 Å². The summed E-state index contributed by atoms with van der Waals surface area (Å²) in [5, 5.41) is 7.49. The molecule has 0 atom stereocenters. The first-order valence-corrected chi connectivity index (χ1v) is 11.5. The van der Waals surface area contributed by atoms with Gasteiger partial charge in [-0.25, -0.2) is 13.1 Å². The van der Waals surface area contributed by atoms with Crippen LogP contribution in [-0.2, 0) is 16.6 Å². The normalized spacial score (nSPS) is 11.8. The second kappa shape index (κ2) is 9.03. The Morgan fingerprint density at radius 1 is 1.10 bits per heavy atom. The molecule has 31 heavy (non-hydrogen) atoms. The second-order valence-electron chi connectivity index (χ2n) is 7.72. The molecule has 7 nitrogen and oxygen atoms in total. The lowest BCUT2D eigenvalue weighted by Gasteiger charge is -2.21. The summed E-state index contributed by atoms with van der Waals surface area (Å²) in [6.07, 6.45) is 0. The topological polar surface area (TPSA) is 84.3 Å². The molecule has 0 spiro atoms. The Hall–Kier alpha value is -2.97. The number of sulfonamides is 1. The lowest BCUT2D eigenvalue weighted by molar-refractivity contribution is 0.0950. The van der Waals surface area contributed by atoms with Crippen LogP contribution in [0.25, 0.3) is 5.69 Å². The predicted octanol–water partition coefficient (Wildman–Crippen LogP) is 3.45. The van der Waals surface area contributed by atoms with E-state index in [1.165, 1.54) is 23.5 Å². The number of rotatable bonds is 7. The summed E-state index contributed by atoms with van der Waals surface area (Å²) in [4.78, 5) is 12.9. The van der Waals surface area contributed by atoms with Crippen molar-refractivity contribution in [2.75, 3.05) is 7.05 Å². The fourth-order valence-corrected chi connectivity index (χ4v) is 4.68. The van der Waals surface area contributed by atoms with Gasteiger partial charge >= 0.3 is 0 Å². The van der Waals surface area contributed by atoms with Gasteiger partial charge in [0.25, 0.3) is 5.91 Å². The number of para-hydroxylation sites is 1. The van der Waals surface area contributed by atoms with Crippen LogP contribution in [0.2, 0.25) is 0 Å². The van der Waals surface area contributed by atoms with Gasteiger partial charge in [0.1, 0.15) is 0 Å². The molecule has 0 fully saturated rings. The first-order chi connectivity index (χ1) is 14.6. The van der Waals surface area contributed by atoms with E-state index in [2.05, 4.69) is 10.4 Å². The van der Waals surface area contributed by atoms with Gasteiger partial charge in [0.2, 0.25) is 10.0 Å². The quantitative estimate of drug-likeness (QED) is 0.610. The SMILES string of the molecule is Cc1nn(-c2ccccc2)c(C)c1CNC(=O)c1cccc(S(=O)(=O)N(C)C(C)C)c1. The standard InChI is InChI=1S/C23H28N4O3S/c1-16(2)26(5)31(29,30)21-13-9-10-19(14-21)23(28)24-15-22-17(3)25-27(18(22)4)20-11-7-6-8-12-20/h6-14,16H,15H2,1-5H3,(H,24,28). The number of nitrogens with one attached hydrogen (secondary N) is 1. The number of carbonyl (C=O) groups is 1. The van der Waals surface area contributed by atoms with E-state index in [4.69, 9.17) is 0 Å². The van der Waals surface area contributed by atoms with Gasteiger partial charge in [-0.3, -0.25) is 4.79 Å². The highest BCUT2D eigenvalue weighted by Gasteiger charge is 2.24. The van der Waals surface area contributed by atoms with Crippen molar-refractivity contribution in [2.45, 2.75) is 45.2 Å². The maximum absolute atomic E-state index is 12.8. The number of nitrogens with zero attached hydrogens (tertiary/aromatic N) is 3. The first-order valence-electron chi connectivity index (χ1n) is 10.1. The van der Waals surface area contributed by atoms with Crippen molar-refractivity contribution in [3.63, 3.8) is 0 Å². The fourth-order valence-electron chi connectivity index (χ4n) is 3.26. The Morgan fingerprint density at radius 3 is 2.42 bits per heavy atom. The smallest absolute Gasteiger partial charge is 0.251 e. The summed E-state index contributed by atoms with van der Waals surface area (Å²) in [5.41, 5.74) is 3.95. The third-order valence-corrected chi connectivity index (χ3v) is 7.40. The van der Waals surface area contributed by atoms with Gasteiger partial charge in [0, 0.05) is 36.5 Å². The molecule has 1 N–H and O–H groups in total. The Bertz CT molecular complexity index is 1180. The molecule has 3 rings (SSSR count). The summed E-state index contributed by atoms with van der Waals surface area (Å²) < 4.78 is 28.6. The third kappa shape index (κ3) is 4.70. The molecule has 0 aliphatic carbocycles. The summed E-state index contributed by atoms with van der Waals surface area (Å²) >= 11 is 0. The summed E-state index contributed by atoms with van der Waals surface area (Å²) in [6, 6.07) is 15.7. The van der Waals surface area contributed by atoms with E-state index in [9.17, 15) is 13.2 Å². The van der Waals surface area contributed by atoms with Gasteiger partial charge < -0.3 is 5.32 Å². The Labute approximate surface area is 183 Å². The summed E-state index contributed by atoms with van der Waals surface area (Å²) in [5.74, 6) is -0.337. The lowest BCUT2D eigenvalue weighted by atomic mass is 10.1. The third-order valence-electron chi connectivity index (χ3n) is 5.37. The van der Waals surface area contributed by atoms with Crippen LogP contribution in [0.3, 0.4) is 0 Å². The van der Waals surface area contributed by atoms with Crippen molar-refractivity contribution < 1.29 is 13.2 Å². The molecule has 0 radical (unpaired) electrons. The molecule has 0 aliphatic rings. The van der Waals surface area contributed by atoms with Crippen LogP contribution in [0, 0.1) is 13.8 Å². The molecule has 1 heterocycles. The highest BCUT2D eigenvalue weighted by Crippen LogP contribution is 2.20. The number of amides is 1. The summed E-state index contributed by atoms with van der Waals surface area (Å²) in [6.45, 7) is 7.77. The molecule has 0 saturated carbocycles. The second-order valence-corrected chi connectivity index (χ2v) is 9.72. The number of aryl methyl sites for hydroxylation is 1. The number of aromatic nitrogens is 2. The molecular weight excluding hydrogens is 412 g/mol. The molecule has 1 aromatic heterocycles. The highest BCUT2D eigenvalue weighted by atomic mass is 32.2. The Morgan fingerprint density at radius 2 is 1.77 bits per heavy atom. The number of hydrogen-bond donors (Lipinski definition) is 1. The van der Waals surface area contributed by atoms with Gasteiger partial charge in [-0.15, -0.1) is 0 Å². The van der Waals surface area contributed by atoms with E-state index in [0.717, 1.165) is 22.6 Å². The van der Waals surface area contributed by atoms with Gasteiger partial charge in [0.15, 0.2) is 0 Å². The van der Waals surface area contributed by atoms with Crippen molar-refractivity contribution in [3.05, 3.63) is 77.1 Å². The molecule has 0 unspecified atom stereocenters. The van der Waals surface area contributed by atoms with Crippen molar-refractivity contribution in [1.82, 2.24) is 19.4 Å². The molecule has 0 aliphatic heterocycles. The Kier molecular flexibility index (Phi) is 6.62. The maximum atomic E-state index is 12.8. The number of benzene rings is 2. The zero-order chi connectivity index (χ0) is 22.8. The Balaban J connectivity index is 1.79. The van der Waals surface area contributed by atoms with Crippen LogP contribution in [0.4, 0.5) is 0 Å². The van der Waals surface area contributed by atoms with E-state index in [1.54, 1.807) is 26.0 Å². The van der Waals surface area contributed by atoms with Crippen molar-refractivity contribution in [3.8, 4) is 5.69 Å². The van der Waals surface area contributed by atoms with Crippen LogP contribution in [-0.4, -0.2) is 41.5 Å². The zero-order valence-electron chi connectivity index (χ0n) is 18.5. The van der Waals surface area contributed by atoms with E-state index in [0.29, 0.717) is 12.1 Å². The van der Waals surface area contributed by atoms with E-state index >= 15 is 0 Å². The molecular formula is C23H28N4O3S. The fraction of sp³-hybridized carbons (Fsp3) is 0.304. The van der Waals surface area contributed by atoms with E-state index in [1.807, 2.05) is 48.9 Å². The molecule has 8 heteroatoms. The lowest BCUT2D eigenvalue weighted by Crippen LogP contribution is -2.33. The van der Waals surface area contributed by atoms with Gasteiger partial charge in [0.05, 0.1) is 16.3 Å². The monoisotopic (exact) mass is 440 g/mol. The van der Waals surface area contributed by atoms with Crippen LogP contribution in [0.1, 0.15) is 41.2 Å². The minimum absolute atomic E-state index is 0.0978. The largest absolute Gasteiger partial charge is 0.348 e. The van der Waals surface area contributed by atoms with Crippen LogP contribution in [0.5, 0.6) is 0 Å². The van der Waals surface area contributed by atoms with Gasteiger partial charge in [-0.1, -0.05) is 24.3 Å². The maximum Gasteiger partial charge on any atom is 0.251 e. The molecule has 164 valence electrons. The zero-order valence-corrected chi connectivity index (χ0v) is 19.3. The average molecular weight is 441 g/mol. The number of carbonyl (C=O) groups excluding carboxylic acids is 1. The summed E-state index contributed by atoms with van der Waals surface area (Å²) in [7, 11) is -2.13. The average Bonchev–Trinajstić information content (AvgIpc) is 3.05. The van der Waals surface area contributed by atoms with Crippen molar-refractivity contribution >= 4 is 15.9 Å². The van der Waals surface area contributed by atoms with Crippen LogP contribution in [0.15, 0.2) is 59.5 Å². The highest BCUT2D eigenvalue weighted by molar-refractivity contribution is 7.89. The molecule has 0 bridgehead atoms. The van der Waals surface area contributed by atoms with E-state index < -0.39 is 10.0 Å². The van der Waals surface area contributed by atoms with E-state index in [-0.39, 0.29) is 16.8 Å². The predicted molar refractivity (Wildman–Crippen MR) is 121 cm³/mol. The van der Waals surface area contributed by atoms with Crippen LogP contribution >= 0.6 is 0 Å². The first kappa shape index (κ1) is 22.7. The number of hydrogen-bond acceptors (Lipinski definition) is 4.